The topological polar surface area (TPSA) is 29.5 Å². The summed E-state index contributed by atoms with van der Waals surface area (Å²) in [5, 5.41) is 0. The van der Waals surface area contributed by atoms with Gasteiger partial charge in [-0.05, 0) is 53.5 Å². The van der Waals surface area contributed by atoms with Crippen LogP contribution in [0.1, 0.15) is 40.5 Å². The molecule has 0 N–H and O–H groups in total. The van der Waals surface area contributed by atoms with Gasteiger partial charge in [-0.25, -0.2) is 0 Å². The van der Waals surface area contributed by atoms with Crippen LogP contribution in [0.5, 0.6) is 0 Å². The van der Waals surface area contributed by atoms with E-state index in [1.807, 2.05) is 34.7 Å². The monoisotopic (exact) mass is 213 g/mol. The van der Waals surface area contributed by atoms with Crippen molar-refractivity contribution in [3.05, 3.63) is 0 Å². The smallest absolute Gasteiger partial charge is 0.323 e. The van der Waals surface area contributed by atoms with E-state index in [0.29, 0.717) is 0 Å². The molecule has 1 fully saturated rings. The highest BCUT2D eigenvalue weighted by atomic mass is 16.6. The molecule has 1 saturated carbocycles. The predicted octanol–water partition coefficient (Wildman–Crippen LogP) is 2.06. The molecule has 0 heterocycles. The zero-order chi connectivity index (χ0) is 11.6. The lowest BCUT2D eigenvalue weighted by atomic mass is 10.2. The molecule has 1 atom stereocenters. The first-order valence-corrected chi connectivity index (χ1v) is 5.72. The van der Waals surface area contributed by atoms with Gasteiger partial charge in [0.15, 0.2) is 0 Å². The van der Waals surface area contributed by atoms with Crippen molar-refractivity contribution in [2.45, 2.75) is 52.2 Å². The van der Waals surface area contributed by atoms with Gasteiger partial charge in [-0.1, -0.05) is 0 Å². The lowest BCUT2D eigenvalue weighted by Crippen LogP contribution is -2.41. The molecule has 0 aromatic rings. The van der Waals surface area contributed by atoms with Gasteiger partial charge in [0.1, 0.15) is 11.6 Å². The summed E-state index contributed by atoms with van der Waals surface area (Å²) in [6.07, 6.45) is 2.62. The van der Waals surface area contributed by atoms with Crippen LogP contribution in [0.4, 0.5) is 0 Å². The number of carbonyl (C=O) groups excluding carboxylic acids is 1. The molecule has 0 bridgehead atoms. The van der Waals surface area contributed by atoms with Crippen molar-refractivity contribution in [2.24, 2.45) is 5.92 Å². The number of hydrogen-bond donors (Lipinski definition) is 0. The maximum absolute atomic E-state index is 11.7. The molecular weight excluding hydrogens is 190 g/mol. The largest absolute Gasteiger partial charge is 0.459 e. The molecular formula is C12H23NO2. The third kappa shape index (κ3) is 4.65. The fourth-order valence-corrected chi connectivity index (χ4v) is 1.43. The van der Waals surface area contributed by atoms with Gasteiger partial charge >= 0.3 is 5.97 Å². The molecule has 0 spiro atoms. The summed E-state index contributed by atoms with van der Waals surface area (Å²) in [5.74, 6) is 0.686. The first-order valence-electron chi connectivity index (χ1n) is 5.72. The molecule has 1 aliphatic carbocycles. The van der Waals surface area contributed by atoms with Gasteiger partial charge in [-0.3, -0.25) is 9.69 Å². The Morgan fingerprint density at radius 1 is 1.47 bits per heavy atom. The third-order valence-corrected chi connectivity index (χ3v) is 2.65. The van der Waals surface area contributed by atoms with Gasteiger partial charge in [0.05, 0.1) is 0 Å². The van der Waals surface area contributed by atoms with Gasteiger partial charge in [0, 0.05) is 6.54 Å². The molecule has 0 aromatic heterocycles. The molecule has 15 heavy (non-hydrogen) atoms. The minimum Gasteiger partial charge on any atom is -0.459 e. The van der Waals surface area contributed by atoms with Gasteiger partial charge in [0.25, 0.3) is 0 Å². The first-order chi connectivity index (χ1) is 6.79. The lowest BCUT2D eigenvalue weighted by molar-refractivity contribution is -0.160. The molecule has 0 saturated heterocycles. The van der Waals surface area contributed by atoms with Crippen molar-refractivity contribution in [3.63, 3.8) is 0 Å². The van der Waals surface area contributed by atoms with Crippen molar-refractivity contribution in [3.8, 4) is 0 Å². The zero-order valence-electron chi connectivity index (χ0n) is 10.5. The number of ether oxygens (including phenoxy) is 1. The van der Waals surface area contributed by atoms with Crippen LogP contribution >= 0.6 is 0 Å². The molecule has 1 aliphatic rings. The average molecular weight is 213 g/mol. The Hall–Kier alpha value is -0.570. The quantitative estimate of drug-likeness (QED) is 0.669. The molecule has 1 unspecified atom stereocenters. The van der Waals surface area contributed by atoms with Gasteiger partial charge in [-0.2, -0.15) is 0 Å². The SMILES string of the molecule is CC(C(=O)OC(C)(C)C)N(C)CC1CC1. The Balaban J connectivity index is 2.36. The zero-order valence-corrected chi connectivity index (χ0v) is 10.5. The number of nitrogens with zero attached hydrogens (tertiary/aromatic N) is 1. The Bertz CT molecular complexity index is 228. The average Bonchev–Trinajstić information content (AvgIpc) is 2.83. The minimum absolute atomic E-state index is 0.120. The van der Waals surface area contributed by atoms with Crippen molar-refractivity contribution in [2.75, 3.05) is 13.6 Å². The molecule has 88 valence electrons. The molecule has 0 radical (unpaired) electrons. The fourth-order valence-electron chi connectivity index (χ4n) is 1.43. The van der Waals surface area contributed by atoms with E-state index in [9.17, 15) is 4.79 Å². The van der Waals surface area contributed by atoms with E-state index >= 15 is 0 Å². The van der Waals surface area contributed by atoms with E-state index < -0.39 is 0 Å². The summed E-state index contributed by atoms with van der Waals surface area (Å²) in [6, 6.07) is -0.134. The third-order valence-electron chi connectivity index (χ3n) is 2.65. The summed E-state index contributed by atoms with van der Waals surface area (Å²) in [6.45, 7) is 8.63. The highest BCUT2D eigenvalue weighted by Crippen LogP contribution is 2.29. The van der Waals surface area contributed by atoms with Crippen LogP contribution in [-0.4, -0.2) is 36.1 Å². The fraction of sp³-hybridized carbons (Fsp3) is 0.917. The lowest BCUT2D eigenvalue weighted by Gasteiger charge is -2.27. The van der Waals surface area contributed by atoms with Crippen LogP contribution in [-0.2, 0) is 9.53 Å². The van der Waals surface area contributed by atoms with E-state index in [2.05, 4.69) is 4.90 Å². The maximum atomic E-state index is 11.7. The Morgan fingerprint density at radius 3 is 2.40 bits per heavy atom. The van der Waals surface area contributed by atoms with Crippen LogP contribution in [0.2, 0.25) is 0 Å². The number of hydrogen-bond acceptors (Lipinski definition) is 3. The molecule has 1 rings (SSSR count). The van der Waals surface area contributed by atoms with Gasteiger partial charge < -0.3 is 4.74 Å². The molecule has 0 aliphatic heterocycles. The second-order valence-corrected chi connectivity index (χ2v) is 5.59. The summed E-state index contributed by atoms with van der Waals surface area (Å²) in [5.41, 5.74) is -0.383. The summed E-state index contributed by atoms with van der Waals surface area (Å²) in [7, 11) is 1.99. The summed E-state index contributed by atoms with van der Waals surface area (Å²) < 4.78 is 5.34. The minimum atomic E-state index is -0.383. The van der Waals surface area contributed by atoms with E-state index in [0.717, 1.165) is 12.5 Å². The summed E-state index contributed by atoms with van der Waals surface area (Å²) >= 11 is 0. The van der Waals surface area contributed by atoms with Crippen LogP contribution < -0.4 is 0 Å². The van der Waals surface area contributed by atoms with Crippen molar-refractivity contribution in [1.82, 2.24) is 4.90 Å². The Labute approximate surface area is 92.8 Å². The second-order valence-electron chi connectivity index (χ2n) is 5.59. The van der Waals surface area contributed by atoms with Crippen LogP contribution in [0.3, 0.4) is 0 Å². The molecule has 3 heteroatoms. The maximum Gasteiger partial charge on any atom is 0.323 e. The van der Waals surface area contributed by atoms with Crippen LogP contribution in [0.25, 0.3) is 0 Å². The highest BCUT2D eigenvalue weighted by Gasteiger charge is 2.29. The van der Waals surface area contributed by atoms with Gasteiger partial charge in [0.2, 0.25) is 0 Å². The Morgan fingerprint density at radius 2 is 2.00 bits per heavy atom. The van der Waals surface area contributed by atoms with Crippen molar-refractivity contribution in [1.29, 1.82) is 0 Å². The van der Waals surface area contributed by atoms with E-state index in [1.54, 1.807) is 0 Å². The van der Waals surface area contributed by atoms with E-state index in [4.69, 9.17) is 4.74 Å². The standard InChI is InChI=1S/C12H23NO2/c1-9(11(14)15-12(2,3)4)13(5)8-10-6-7-10/h9-10H,6-8H2,1-5H3. The number of esters is 1. The van der Waals surface area contributed by atoms with Crippen LogP contribution in [0, 0.1) is 5.92 Å². The first kappa shape index (κ1) is 12.5. The summed E-state index contributed by atoms with van der Waals surface area (Å²) in [4.78, 5) is 13.8. The normalized spacial score (nSPS) is 19.1. The Kier molecular flexibility index (Phi) is 3.77. The predicted molar refractivity (Wildman–Crippen MR) is 60.7 cm³/mol. The molecule has 3 nitrogen and oxygen atoms in total. The number of rotatable bonds is 4. The number of likely N-dealkylation sites (N-methyl/N-ethyl adjacent to an activating group) is 1. The van der Waals surface area contributed by atoms with Crippen LogP contribution in [0.15, 0.2) is 0 Å². The highest BCUT2D eigenvalue weighted by molar-refractivity contribution is 5.75. The van der Waals surface area contributed by atoms with E-state index in [-0.39, 0.29) is 17.6 Å². The molecule has 0 aromatic carbocycles. The molecule has 0 amide bonds. The van der Waals surface area contributed by atoms with Gasteiger partial charge in [-0.15, -0.1) is 0 Å². The van der Waals surface area contributed by atoms with Crippen molar-refractivity contribution < 1.29 is 9.53 Å². The van der Waals surface area contributed by atoms with E-state index in [1.165, 1.54) is 12.8 Å². The number of carbonyl (C=O) groups is 1. The second kappa shape index (κ2) is 4.52. The van der Waals surface area contributed by atoms with Crippen molar-refractivity contribution >= 4 is 5.97 Å².